The molecule has 0 fully saturated rings. The van der Waals surface area contributed by atoms with Crippen LogP contribution in [-0.4, -0.2) is 6.54 Å². The highest BCUT2D eigenvalue weighted by molar-refractivity contribution is 9.10. The van der Waals surface area contributed by atoms with Gasteiger partial charge in [0.15, 0.2) is 0 Å². The number of halogens is 2. The van der Waals surface area contributed by atoms with Crippen molar-refractivity contribution in [3.8, 4) is 0 Å². The topological polar surface area (TPSA) is 12.0 Å². The van der Waals surface area contributed by atoms with E-state index in [0.717, 1.165) is 29.4 Å². The molecule has 20 heavy (non-hydrogen) atoms. The lowest BCUT2D eigenvalue weighted by Gasteiger charge is -2.20. The normalized spacial score (nSPS) is 12.3. The Labute approximate surface area is 128 Å². The molecule has 2 aromatic rings. The summed E-state index contributed by atoms with van der Waals surface area (Å²) in [4.78, 5) is 0. The lowest BCUT2D eigenvalue weighted by molar-refractivity contribution is 0.497. The standard InChI is InChI=1S/C17H19BrFN/c1-2-11-20-17(15-5-3-4-6-16(15)19)12-13-7-9-14(18)10-8-13/h3-10,17,20H,2,11-12H2,1H3. The first-order valence-corrected chi connectivity index (χ1v) is 7.72. The highest BCUT2D eigenvalue weighted by Crippen LogP contribution is 2.22. The zero-order chi connectivity index (χ0) is 14.4. The molecule has 2 aromatic carbocycles. The summed E-state index contributed by atoms with van der Waals surface area (Å²) in [6.07, 6.45) is 1.82. The van der Waals surface area contributed by atoms with Crippen LogP contribution in [-0.2, 0) is 6.42 Å². The van der Waals surface area contributed by atoms with Crippen LogP contribution in [0.25, 0.3) is 0 Å². The van der Waals surface area contributed by atoms with Crippen molar-refractivity contribution in [3.63, 3.8) is 0 Å². The molecule has 0 bridgehead atoms. The maximum Gasteiger partial charge on any atom is 0.127 e. The molecule has 0 radical (unpaired) electrons. The maximum absolute atomic E-state index is 14.0. The highest BCUT2D eigenvalue weighted by atomic mass is 79.9. The van der Waals surface area contributed by atoms with Gasteiger partial charge in [0, 0.05) is 16.1 Å². The lowest BCUT2D eigenvalue weighted by atomic mass is 9.98. The Kier molecular flexibility index (Phi) is 5.74. The van der Waals surface area contributed by atoms with Crippen molar-refractivity contribution in [2.45, 2.75) is 25.8 Å². The molecule has 0 heterocycles. The minimum absolute atomic E-state index is 0.0114. The molecule has 0 aromatic heterocycles. The Morgan fingerprint density at radius 2 is 1.80 bits per heavy atom. The first kappa shape index (κ1) is 15.2. The van der Waals surface area contributed by atoms with Crippen LogP contribution < -0.4 is 5.32 Å². The summed E-state index contributed by atoms with van der Waals surface area (Å²) in [5, 5.41) is 3.44. The van der Waals surface area contributed by atoms with Gasteiger partial charge in [-0.05, 0) is 43.1 Å². The van der Waals surface area contributed by atoms with Crippen LogP contribution in [0.2, 0.25) is 0 Å². The van der Waals surface area contributed by atoms with Crippen LogP contribution in [0, 0.1) is 5.82 Å². The van der Waals surface area contributed by atoms with E-state index in [1.54, 1.807) is 6.07 Å². The van der Waals surface area contributed by atoms with Crippen molar-refractivity contribution >= 4 is 15.9 Å². The van der Waals surface area contributed by atoms with Gasteiger partial charge in [0.05, 0.1) is 0 Å². The fourth-order valence-electron chi connectivity index (χ4n) is 2.22. The third kappa shape index (κ3) is 4.15. The fourth-order valence-corrected chi connectivity index (χ4v) is 2.49. The van der Waals surface area contributed by atoms with E-state index in [4.69, 9.17) is 0 Å². The quantitative estimate of drug-likeness (QED) is 0.793. The number of rotatable bonds is 6. The van der Waals surface area contributed by atoms with Crippen molar-refractivity contribution in [2.24, 2.45) is 0 Å². The van der Waals surface area contributed by atoms with Crippen molar-refractivity contribution in [2.75, 3.05) is 6.54 Å². The van der Waals surface area contributed by atoms with Gasteiger partial charge in [0.2, 0.25) is 0 Å². The first-order chi connectivity index (χ1) is 9.70. The lowest BCUT2D eigenvalue weighted by Crippen LogP contribution is -2.25. The average Bonchev–Trinajstić information content (AvgIpc) is 2.46. The molecule has 106 valence electrons. The summed E-state index contributed by atoms with van der Waals surface area (Å²) in [6.45, 7) is 3.00. The largest absolute Gasteiger partial charge is 0.310 e. The number of hydrogen-bond donors (Lipinski definition) is 1. The van der Waals surface area contributed by atoms with Gasteiger partial charge in [-0.2, -0.15) is 0 Å². The van der Waals surface area contributed by atoms with E-state index in [2.05, 4.69) is 40.3 Å². The molecular formula is C17H19BrFN. The van der Waals surface area contributed by atoms with Gasteiger partial charge in [-0.15, -0.1) is 0 Å². The van der Waals surface area contributed by atoms with Crippen molar-refractivity contribution in [1.82, 2.24) is 5.32 Å². The number of benzene rings is 2. The van der Waals surface area contributed by atoms with E-state index in [-0.39, 0.29) is 11.9 Å². The van der Waals surface area contributed by atoms with Gasteiger partial charge in [-0.25, -0.2) is 4.39 Å². The molecule has 0 spiro atoms. The first-order valence-electron chi connectivity index (χ1n) is 6.93. The van der Waals surface area contributed by atoms with E-state index in [1.165, 1.54) is 11.6 Å². The third-order valence-corrected chi connectivity index (χ3v) is 3.80. The van der Waals surface area contributed by atoms with Gasteiger partial charge in [-0.3, -0.25) is 0 Å². The fraction of sp³-hybridized carbons (Fsp3) is 0.294. The van der Waals surface area contributed by atoms with Crippen molar-refractivity contribution in [3.05, 3.63) is 69.9 Å². The van der Waals surface area contributed by atoms with E-state index in [9.17, 15) is 4.39 Å². The Balaban J connectivity index is 2.19. The summed E-state index contributed by atoms with van der Waals surface area (Å²) in [7, 11) is 0. The van der Waals surface area contributed by atoms with Gasteiger partial charge in [-0.1, -0.05) is 53.2 Å². The van der Waals surface area contributed by atoms with Gasteiger partial charge in [0.1, 0.15) is 5.82 Å². The second kappa shape index (κ2) is 7.55. The van der Waals surface area contributed by atoms with Crippen LogP contribution in [0.1, 0.15) is 30.5 Å². The van der Waals surface area contributed by atoms with E-state index < -0.39 is 0 Å². The Hall–Kier alpha value is -1.19. The zero-order valence-electron chi connectivity index (χ0n) is 11.6. The molecule has 3 heteroatoms. The molecule has 0 aliphatic heterocycles. The monoisotopic (exact) mass is 335 g/mol. The molecule has 0 saturated carbocycles. The molecule has 2 rings (SSSR count). The van der Waals surface area contributed by atoms with Crippen LogP contribution in [0.5, 0.6) is 0 Å². The second-order valence-corrected chi connectivity index (χ2v) is 5.77. The van der Waals surface area contributed by atoms with Gasteiger partial charge < -0.3 is 5.32 Å². The molecule has 1 atom stereocenters. The molecule has 0 saturated heterocycles. The summed E-state index contributed by atoms with van der Waals surface area (Å²) >= 11 is 3.43. The van der Waals surface area contributed by atoms with E-state index in [0.29, 0.717) is 0 Å². The SMILES string of the molecule is CCCNC(Cc1ccc(Br)cc1)c1ccccc1F. The van der Waals surface area contributed by atoms with E-state index >= 15 is 0 Å². The second-order valence-electron chi connectivity index (χ2n) is 4.86. The molecule has 0 aliphatic rings. The van der Waals surface area contributed by atoms with Crippen LogP contribution >= 0.6 is 15.9 Å². The van der Waals surface area contributed by atoms with Gasteiger partial charge >= 0.3 is 0 Å². The molecule has 1 N–H and O–H groups in total. The Morgan fingerprint density at radius 1 is 1.10 bits per heavy atom. The average molecular weight is 336 g/mol. The smallest absolute Gasteiger partial charge is 0.127 e. The number of nitrogens with one attached hydrogen (secondary N) is 1. The van der Waals surface area contributed by atoms with Gasteiger partial charge in [0.25, 0.3) is 0 Å². The molecule has 0 amide bonds. The summed E-state index contributed by atoms with van der Waals surface area (Å²) < 4.78 is 15.0. The molecule has 1 nitrogen and oxygen atoms in total. The Bertz CT molecular complexity index is 539. The summed E-state index contributed by atoms with van der Waals surface area (Å²) in [6, 6.07) is 15.2. The third-order valence-electron chi connectivity index (χ3n) is 3.27. The minimum atomic E-state index is -0.141. The summed E-state index contributed by atoms with van der Waals surface area (Å²) in [5.74, 6) is -0.141. The van der Waals surface area contributed by atoms with Crippen LogP contribution in [0.4, 0.5) is 4.39 Å². The highest BCUT2D eigenvalue weighted by Gasteiger charge is 2.15. The van der Waals surface area contributed by atoms with Crippen molar-refractivity contribution < 1.29 is 4.39 Å². The minimum Gasteiger partial charge on any atom is -0.310 e. The van der Waals surface area contributed by atoms with E-state index in [1.807, 2.05) is 24.3 Å². The van der Waals surface area contributed by atoms with Crippen LogP contribution in [0.3, 0.4) is 0 Å². The number of hydrogen-bond acceptors (Lipinski definition) is 1. The maximum atomic E-state index is 14.0. The van der Waals surface area contributed by atoms with Crippen molar-refractivity contribution in [1.29, 1.82) is 0 Å². The predicted octanol–water partition coefficient (Wildman–Crippen LogP) is 4.87. The zero-order valence-corrected chi connectivity index (χ0v) is 13.2. The predicted molar refractivity (Wildman–Crippen MR) is 85.3 cm³/mol. The van der Waals surface area contributed by atoms with Crippen LogP contribution in [0.15, 0.2) is 53.0 Å². The molecular weight excluding hydrogens is 317 g/mol. The molecule has 0 aliphatic carbocycles. The Morgan fingerprint density at radius 3 is 2.45 bits per heavy atom. The molecule has 1 unspecified atom stereocenters. The summed E-state index contributed by atoms with van der Waals surface area (Å²) in [5.41, 5.74) is 1.94.